The van der Waals surface area contributed by atoms with E-state index in [1.54, 1.807) is 6.07 Å². The highest BCUT2D eigenvalue weighted by molar-refractivity contribution is 8.15. The number of aliphatic carboxylic acids is 2. The molecule has 3 heterocycles. The molecule has 2 aliphatic rings. The predicted molar refractivity (Wildman–Crippen MR) is 133 cm³/mol. The molecular formula is C22H25N3O11S2. The number of aromatic nitrogens is 1. The zero-order valence-corrected chi connectivity index (χ0v) is 21.4. The van der Waals surface area contributed by atoms with Crippen molar-refractivity contribution in [3.8, 4) is 5.75 Å². The van der Waals surface area contributed by atoms with E-state index < -0.39 is 73.2 Å². The number of aliphatic imine (C=N–C) groups is 1. The molecule has 2 aromatic rings. The number of nitrogens with one attached hydrogen (secondary N) is 1. The van der Waals surface area contributed by atoms with E-state index in [1.807, 2.05) is 0 Å². The molecule has 1 aromatic carbocycles. The molecule has 0 saturated carbocycles. The summed E-state index contributed by atoms with van der Waals surface area (Å²) >= 11 is 2.45. The SMILES string of the molecule is CC(=O)N[C@H]1C([C@H](O)[C@H](O)CO)O[C@@](Oc2ccc3nc(C4=NC(C(=O)O)CS4)sc3c2)(C(=O)O)C[C@H]1O. The van der Waals surface area contributed by atoms with Gasteiger partial charge >= 0.3 is 17.7 Å². The molecule has 1 saturated heterocycles. The molecule has 1 aromatic heterocycles. The number of aliphatic hydroxyl groups excluding tert-OH is 4. The number of thioether (sulfide) groups is 1. The Balaban J connectivity index is 1.64. The van der Waals surface area contributed by atoms with Gasteiger partial charge in [-0.25, -0.2) is 14.6 Å². The van der Waals surface area contributed by atoms with Gasteiger partial charge in [-0.3, -0.25) is 9.79 Å². The maximum atomic E-state index is 12.4. The monoisotopic (exact) mass is 571 g/mol. The minimum absolute atomic E-state index is 0.0145. The summed E-state index contributed by atoms with van der Waals surface area (Å²) in [7, 11) is 0. The Morgan fingerprint density at radius 3 is 2.63 bits per heavy atom. The summed E-state index contributed by atoms with van der Waals surface area (Å²) < 4.78 is 11.9. The number of carbonyl (C=O) groups excluding carboxylic acids is 1. The van der Waals surface area contributed by atoms with Gasteiger partial charge in [0.15, 0.2) is 6.04 Å². The zero-order valence-electron chi connectivity index (χ0n) is 19.8. The summed E-state index contributed by atoms with van der Waals surface area (Å²) in [5, 5.41) is 63.0. The molecule has 16 heteroatoms. The van der Waals surface area contributed by atoms with Gasteiger partial charge in [-0.05, 0) is 18.2 Å². The first kappa shape index (κ1) is 28.2. The molecule has 14 nitrogen and oxygen atoms in total. The third kappa shape index (κ3) is 5.61. The second-order valence-electron chi connectivity index (χ2n) is 8.73. The molecule has 0 aliphatic carbocycles. The lowest BCUT2D eigenvalue weighted by Crippen LogP contribution is -2.68. The van der Waals surface area contributed by atoms with Crippen molar-refractivity contribution < 1.29 is 54.5 Å². The average molecular weight is 572 g/mol. The van der Waals surface area contributed by atoms with Crippen LogP contribution in [0.15, 0.2) is 23.2 Å². The number of carbonyl (C=O) groups is 3. The number of carboxylic acid groups (broad SMARTS) is 2. The maximum Gasteiger partial charge on any atom is 0.377 e. The number of carboxylic acids is 2. The van der Waals surface area contributed by atoms with Gasteiger partial charge in [0.05, 0.1) is 35.4 Å². The van der Waals surface area contributed by atoms with Gasteiger partial charge in [-0.2, -0.15) is 0 Å². The van der Waals surface area contributed by atoms with Crippen molar-refractivity contribution in [1.29, 1.82) is 0 Å². The third-order valence-corrected chi connectivity index (χ3v) is 8.16. The summed E-state index contributed by atoms with van der Waals surface area (Å²) in [5.41, 5.74) is 0.526. The van der Waals surface area contributed by atoms with Crippen LogP contribution in [0.2, 0.25) is 0 Å². The highest BCUT2D eigenvalue weighted by atomic mass is 32.2. The number of nitrogens with zero attached hydrogens (tertiary/aromatic N) is 2. The lowest BCUT2D eigenvalue weighted by atomic mass is 9.88. The van der Waals surface area contributed by atoms with Crippen molar-refractivity contribution in [3.05, 3.63) is 23.2 Å². The van der Waals surface area contributed by atoms with E-state index in [9.17, 15) is 39.9 Å². The fraction of sp³-hybridized carbons (Fsp3) is 0.500. The first-order valence-corrected chi connectivity index (χ1v) is 13.1. The molecule has 206 valence electrons. The number of fused-ring (bicyclic) bond motifs is 1. The van der Waals surface area contributed by atoms with Crippen LogP contribution in [0.3, 0.4) is 0 Å². The maximum absolute atomic E-state index is 12.4. The molecular weight excluding hydrogens is 546 g/mol. The van der Waals surface area contributed by atoms with E-state index in [0.717, 1.165) is 6.92 Å². The predicted octanol–water partition coefficient (Wildman–Crippen LogP) is -1.23. The van der Waals surface area contributed by atoms with Crippen LogP contribution < -0.4 is 10.1 Å². The number of rotatable bonds is 9. The fourth-order valence-electron chi connectivity index (χ4n) is 4.10. The van der Waals surface area contributed by atoms with Gasteiger partial charge in [-0.15, -0.1) is 23.1 Å². The fourth-order valence-corrected chi connectivity index (χ4v) is 6.19. The first-order valence-electron chi connectivity index (χ1n) is 11.3. The molecule has 0 spiro atoms. The number of amides is 1. The van der Waals surface area contributed by atoms with Crippen LogP contribution in [0.4, 0.5) is 0 Å². The van der Waals surface area contributed by atoms with Crippen LogP contribution in [-0.2, 0) is 19.1 Å². The Morgan fingerprint density at radius 1 is 1.29 bits per heavy atom. The molecule has 7 N–H and O–H groups in total. The summed E-state index contributed by atoms with van der Waals surface area (Å²) in [5.74, 6) is -5.52. The number of aliphatic hydroxyl groups is 4. The Morgan fingerprint density at radius 2 is 2.03 bits per heavy atom. The Hall–Kier alpha value is -2.86. The highest BCUT2D eigenvalue weighted by Gasteiger charge is 2.56. The van der Waals surface area contributed by atoms with E-state index >= 15 is 0 Å². The molecule has 1 amide bonds. The van der Waals surface area contributed by atoms with Gasteiger partial charge < -0.3 is 45.4 Å². The minimum Gasteiger partial charge on any atom is -0.480 e. The Labute approximate surface area is 222 Å². The molecule has 0 radical (unpaired) electrons. The van der Waals surface area contributed by atoms with Crippen LogP contribution in [-0.4, -0.2) is 113 Å². The van der Waals surface area contributed by atoms with Crippen molar-refractivity contribution in [2.75, 3.05) is 12.4 Å². The van der Waals surface area contributed by atoms with Crippen molar-refractivity contribution in [1.82, 2.24) is 10.3 Å². The van der Waals surface area contributed by atoms with Gasteiger partial charge in [0, 0.05) is 12.7 Å². The normalized spacial score (nSPS) is 28.9. The van der Waals surface area contributed by atoms with Crippen molar-refractivity contribution in [2.45, 2.75) is 55.6 Å². The number of thiazole rings is 1. The quantitative estimate of drug-likeness (QED) is 0.187. The first-order chi connectivity index (χ1) is 17.9. The molecule has 38 heavy (non-hydrogen) atoms. The number of benzene rings is 1. The molecule has 4 rings (SSSR count). The molecule has 2 aliphatic heterocycles. The van der Waals surface area contributed by atoms with Gasteiger partial charge in [-0.1, -0.05) is 0 Å². The van der Waals surface area contributed by atoms with Crippen molar-refractivity contribution in [2.24, 2.45) is 4.99 Å². The summed E-state index contributed by atoms with van der Waals surface area (Å²) in [6.45, 7) is 0.246. The van der Waals surface area contributed by atoms with Gasteiger partial charge in [0.2, 0.25) is 5.91 Å². The lowest BCUT2D eigenvalue weighted by Gasteiger charge is -2.46. The minimum atomic E-state index is -2.53. The second kappa shape index (κ2) is 11.1. The molecule has 0 bridgehead atoms. The van der Waals surface area contributed by atoms with Gasteiger partial charge in [0.1, 0.15) is 34.1 Å². The van der Waals surface area contributed by atoms with Crippen molar-refractivity contribution >= 4 is 56.2 Å². The smallest absolute Gasteiger partial charge is 0.377 e. The average Bonchev–Trinajstić information content (AvgIpc) is 3.51. The zero-order chi connectivity index (χ0) is 27.8. The Kier molecular flexibility index (Phi) is 8.22. The number of hydrogen-bond donors (Lipinski definition) is 7. The van der Waals surface area contributed by atoms with E-state index in [-0.39, 0.29) is 11.5 Å². The number of ether oxygens (including phenoxy) is 2. The van der Waals surface area contributed by atoms with Crippen LogP contribution >= 0.6 is 23.1 Å². The second-order valence-corrected chi connectivity index (χ2v) is 10.8. The van der Waals surface area contributed by atoms with E-state index in [0.29, 0.717) is 20.3 Å². The van der Waals surface area contributed by atoms with Crippen LogP contribution in [0.25, 0.3) is 10.2 Å². The summed E-state index contributed by atoms with van der Waals surface area (Å²) in [4.78, 5) is 43.8. The van der Waals surface area contributed by atoms with Crippen molar-refractivity contribution in [3.63, 3.8) is 0 Å². The topological polar surface area (TPSA) is 228 Å². The molecule has 2 unspecified atom stereocenters. The molecule has 7 atom stereocenters. The molecule has 1 fully saturated rings. The summed E-state index contributed by atoms with van der Waals surface area (Å²) in [6.07, 6.45) is -7.55. The summed E-state index contributed by atoms with van der Waals surface area (Å²) in [6, 6.07) is 2.28. The largest absolute Gasteiger partial charge is 0.480 e. The van der Waals surface area contributed by atoms with Gasteiger partial charge in [0.25, 0.3) is 0 Å². The lowest BCUT2D eigenvalue weighted by molar-refractivity contribution is -0.284. The van der Waals surface area contributed by atoms with E-state index in [4.69, 9.17) is 14.6 Å². The van der Waals surface area contributed by atoms with Crippen LogP contribution in [0.1, 0.15) is 18.4 Å². The van der Waals surface area contributed by atoms with E-state index in [1.165, 1.54) is 35.2 Å². The highest BCUT2D eigenvalue weighted by Crippen LogP contribution is 2.37. The van der Waals surface area contributed by atoms with Crippen LogP contribution in [0.5, 0.6) is 5.75 Å². The number of hydrogen-bond acceptors (Lipinski definition) is 13. The standard InChI is InChI=1S/C22H25N3O11S2/c1-8(27)23-15-12(28)5-22(21(33)34,36-17(15)16(30)13(29)6-26)35-9-2-3-10-14(4-9)38-19(24-10)18-25-11(7-37-18)20(31)32/h2-4,11-13,15-17,26,28-30H,5-7H2,1H3,(H,23,27)(H,31,32)(H,33,34)/t11?,12-,13-,15-,16-,17?,22-/m1/s1. The Bertz CT molecular complexity index is 1270. The van der Waals surface area contributed by atoms with Crippen LogP contribution in [0, 0.1) is 0 Å². The third-order valence-electron chi connectivity index (χ3n) is 5.95. The van der Waals surface area contributed by atoms with E-state index in [2.05, 4.69) is 15.3 Å².